The Balaban J connectivity index is 2.60. The van der Waals surface area contributed by atoms with Gasteiger partial charge in [0, 0.05) is 11.3 Å². The van der Waals surface area contributed by atoms with Gasteiger partial charge in [-0.2, -0.15) is 8.78 Å². The molecular formula is C12H12F3N3O2. The lowest BCUT2D eigenvalue weighted by Gasteiger charge is -2.37. The van der Waals surface area contributed by atoms with E-state index >= 15 is 0 Å². The van der Waals surface area contributed by atoms with Crippen LogP contribution in [0.3, 0.4) is 0 Å². The summed E-state index contributed by atoms with van der Waals surface area (Å²) in [6.07, 6.45) is 0.360. The van der Waals surface area contributed by atoms with Crippen molar-refractivity contribution in [1.29, 1.82) is 0 Å². The average molecular weight is 287 g/mol. The molecule has 1 aromatic carbocycles. The van der Waals surface area contributed by atoms with Gasteiger partial charge in [0.15, 0.2) is 12.1 Å². The van der Waals surface area contributed by atoms with Crippen molar-refractivity contribution in [3.8, 4) is 0 Å². The van der Waals surface area contributed by atoms with Crippen molar-refractivity contribution < 1.29 is 22.7 Å². The molecule has 1 heterocycles. The molecule has 0 unspecified atom stereocenters. The van der Waals surface area contributed by atoms with Gasteiger partial charge in [-0.15, -0.1) is 0 Å². The van der Waals surface area contributed by atoms with Gasteiger partial charge in [-0.1, -0.05) is 0 Å². The summed E-state index contributed by atoms with van der Waals surface area (Å²) in [4.78, 5) is 14.0. The number of ether oxygens (including phenoxy) is 1. The van der Waals surface area contributed by atoms with Crippen LogP contribution in [-0.2, 0) is 15.1 Å². The highest BCUT2D eigenvalue weighted by atomic mass is 19.3. The molecule has 0 spiro atoms. The highest BCUT2D eigenvalue weighted by Gasteiger charge is 2.56. The van der Waals surface area contributed by atoms with Crippen LogP contribution in [0.2, 0.25) is 0 Å². The smallest absolute Gasteiger partial charge is 0.310 e. The van der Waals surface area contributed by atoms with Crippen molar-refractivity contribution in [2.45, 2.75) is 18.4 Å². The molecule has 20 heavy (non-hydrogen) atoms. The molecule has 0 aromatic heterocycles. The van der Waals surface area contributed by atoms with Crippen molar-refractivity contribution in [3.63, 3.8) is 0 Å². The number of hydrogen-bond acceptors (Lipinski definition) is 4. The third-order valence-electron chi connectivity index (χ3n) is 3.16. The molecule has 2 rings (SSSR count). The van der Waals surface area contributed by atoms with Gasteiger partial charge in [-0.05, 0) is 25.1 Å². The number of carbonyl (C=O) groups excluding carboxylic acids is 1. The number of nitrogens with two attached hydrogens (primary N) is 1. The first-order chi connectivity index (χ1) is 9.30. The zero-order chi connectivity index (χ0) is 15.0. The van der Waals surface area contributed by atoms with E-state index in [2.05, 4.69) is 15.0 Å². The fourth-order valence-electron chi connectivity index (χ4n) is 1.95. The third kappa shape index (κ3) is 2.17. The van der Waals surface area contributed by atoms with E-state index in [4.69, 9.17) is 5.73 Å². The monoisotopic (exact) mass is 287 g/mol. The minimum atomic E-state index is -3.45. The summed E-state index contributed by atoms with van der Waals surface area (Å²) in [5.41, 5.74) is 2.91. The van der Waals surface area contributed by atoms with Crippen LogP contribution in [0.1, 0.15) is 12.5 Å². The number of rotatable bonds is 3. The number of anilines is 1. The standard InChI is InChI=1S/C12H12F3N3O2/c1-11(12(14,15)5-20-10(16)18-11)8-4-7(17-6-19)2-3-9(8)13/h2-4,6H,5H2,1H3,(H2,16,18)(H,17,19)/t11-/m1/s1. The van der Waals surface area contributed by atoms with E-state index in [1.165, 1.54) is 6.07 Å². The summed E-state index contributed by atoms with van der Waals surface area (Å²) < 4.78 is 46.6. The predicted molar refractivity (Wildman–Crippen MR) is 66.0 cm³/mol. The summed E-state index contributed by atoms with van der Waals surface area (Å²) in [5.74, 6) is -4.32. The minimum absolute atomic E-state index is 0.175. The van der Waals surface area contributed by atoms with Gasteiger partial charge in [0.25, 0.3) is 6.02 Å². The van der Waals surface area contributed by atoms with Gasteiger partial charge in [0.2, 0.25) is 6.41 Å². The Hall–Kier alpha value is -2.25. The SMILES string of the molecule is C[C@]1(c2cc(NC=O)ccc2F)N=C(N)OCC1(F)F. The second-order valence-corrected chi connectivity index (χ2v) is 4.47. The number of halogens is 3. The van der Waals surface area contributed by atoms with Gasteiger partial charge in [-0.3, -0.25) is 4.79 Å². The first-order valence-electron chi connectivity index (χ1n) is 5.66. The molecule has 0 saturated carbocycles. The zero-order valence-corrected chi connectivity index (χ0v) is 10.5. The number of alkyl halides is 2. The fourth-order valence-corrected chi connectivity index (χ4v) is 1.95. The Bertz CT molecular complexity index is 577. The van der Waals surface area contributed by atoms with Crippen molar-refractivity contribution in [2.75, 3.05) is 11.9 Å². The predicted octanol–water partition coefficient (Wildman–Crippen LogP) is 1.59. The first kappa shape index (κ1) is 14.2. The number of aliphatic imine (C=N–C) groups is 1. The van der Waals surface area contributed by atoms with Crippen molar-refractivity contribution in [3.05, 3.63) is 29.6 Å². The summed E-state index contributed by atoms with van der Waals surface area (Å²) in [5, 5.41) is 2.27. The number of nitrogens with one attached hydrogen (secondary N) is 1. The molecule has 0 bridgehead atoms. The largest absolute Gasteiger partial charge is 0.459 e. The Labute approximate surface area is 112 Å². The molecule has 0 fully saturated rings. The lowest BCUT2D eigenvalue weighted by atomic mass is 9.85. The normalized spacial score (nSPS) is 24.5. The first-order valence-corrected chi connectivity index (χ1v) is 5.66. The Kier molecular flexibility index (Phi) is 3.33. The van der Waals surface area contributed by atoms with E-state index < -0.39 is 29.9 Å². The molecule has 0 aliphatic carbocycles. The van der Waals surface area contributed by atoms with Crippen molar-refractivity contribution in [1.82, 2.24) is 0 Å². The molecule has 1 aromatic rings. The van der Waals surface area contributed by atoms with Crippen LogP contribution in [0.5, 0.6) is 0 Å². The van der Waals surface area contributed by atoms with E-state index in [1.807, 2.05) is 0 Å². The van der Waals surface area contributed by atoms with Gasteiger partial charge in [0.1, 0.15) is 5.82 Å². The molecule has 1 atom stereocenters. The van der Waals surface area contributed by atoms with Crippen molar-refractivity contribution >= 4 is 18.1 Å². The molecule has 5 nitrogen and oxygen atoms in total. The molecule has 1 amide bonds. The number of carbonyl (C=O) groups is 1. The molecular weight excluding hydrogens is 275 g/mol. The van der Waals surface area contributed by atoms with Crippen LogP contribution in [0, 0.1) is 5.82 Å². The maximum Gasteiger partial charge on any atom is 0.310 e. The number of amides is 1. The maximum absolute atomic E-state index is 14.1. The average Bonchev–Trinajstić information content (AvgIpc) is 2.37. The minimum Gasteiger partial charge on any atom is -0.459 e. The van der Waals surface area contributed by atoms with E-state index in [1.54, 1.807) is 0 Å². The number of hydrogen-bond donors (Lipinski definition) is 2. The lowest BCUT2D eigenvalue weighted by Crippen LogP contribution is -2.51. The molecule has 1 aliphatic heterocycles. The summed E-state index contributed by atoms with van der Waals surface area (Å²) in [6.45, 7) is 0.0646. The van der Waals surface area contributed by atoms with E-state index in [0.717, 1.165) is 19.1 Å². The molecule has 108 valence electrons. The number of nitrogens with zero attached hydrogens (tertiary/aromatic N) is 1. The van der Waals surface area contributed by atoms with Crippen LogP contribution in [0.25, 0.3) is 0 Å². The highest BCUT2D eigenvalue weighted by Crippen LogP contribution is 2.44. The molecule has 0 saturated heterocycles. The summed E-state index contributed by atoms with van der Waals surface area (Å²) in [6, 6.07) is 2.89. The Morgan fingerprint density at radius 2 is 2.20 bits per heavy atom. The summed E-state index contributed by atoms with van der Waals surface area (Å²) in [7, 11) is 0. The van der Waals surface area contributed by atoms with Gasteiger partial charge in [0.05, 0.1) is 0 Å². The van der Waals surface area contributed by atoms with Crippen LogP contribution < -0.4 is 11.1 Å². The maximum atomic E-state index is 14.1. The highest BCUT2D eigenvalue weighted by molar-refractivity contribution is 5.74. The van der Waals surface area contributed by atoms with Crippen LogP contribution >= 0.6 is 0 Å². The van der Waals surface area contributed by atoms with Crippen LogP contribution in [0.15, 0.2) is 23.2 Å². The van der Waals surface area contributed by atoms with E-state index in [9.17, 15) is 18.0 Å². The molecule has 3 N–H and O–H groups in total. The molecule has 0 radical (unpaired) electrons. The molecule has 1 aliphatic rings. The lowest BCUT2D eigenvalue weighted by molar-refractivity contribution is -0.117. The topological polar surface area (TPSA) is 76.7 Å². The summed E-state index contributed by atoms with van der Waals surface area (Å²) >= 11 is 0. The second-order valence-electron chi connectivity index (χ2n) is 4.47. The second kappa shape index (κ2) is 4.69. The van der Waals surface area contributed by atoms with Crippen LogP contribution in [-0.4, -0.2) is 25.0 Å². The van der Waals surface area contributed by atoms with Gasteiger partial charge in [-0.25, -0.2) is 9.38 Å². The van der Waals surface area contributed by atoms with Crippen molar-refractivity contribution in [2.24, 2.45) is 10.7 Å². The quantitative estimate of drug-likeness (QED) is 0.829. The van der Waals surface area contributed by atoms with Gasteiger partial charge < -0.3 is 15.8 Å². The van der Waals surface area contributed by atoms with E-state index in [-0.39, 0.29) is 11.3 Å². The fraction of sp³-hybridized carbons (Fsp3) is 0.333. The van der Waals surface area contributed by atoms with Crippen LogP contribution in [0.4, 0.5) is 18.9 Å². The Morgan fingerprint density at radius 1 is 1.50 bits per heavy atom. The molecule has 8 heteroatoms. The number of amidine groups is 1. The third-order valence-corrected chi connectivity index (χ3v) is 3.16. The zero-order valence-electron chi connectivity index (χ0n) is 10.5. The Morgan fingerprint density at radius 3 is 2.85 bits per heavy atom. The number of benzene rings is 1. The van der Waals surface area contributed by atoms with E-state index in [0.29, 0.717) is 6.41 Å². The van der Waals surface area contributed by atoms with Gasteiger partial charge >= 0.3 is 5.92 Å².